The van der Waals surface area contributed by atoms with Crippen LogP contribution in [0.3, 0.4) is 0 Å². The third kappa shape index (κ3) is 2.31. The molecule has 0 saturated carbocycles. The fourth-order valence-electron chi connectivity index (χ4n) is 0.481. The number of nitrogens with one attached hydrogen (secondary N) is 1. The fourth-order valence-corrected chi connectivity index (χ4v) is 1.17. The van der Waals surface area contributed by atoms with Crippen molar-refractivity contribution in [3.05, 3.63) is 28.6 Å². The van der Waals surface area contributed by atoms with Crippen molar-refractivity contribution >= 4 is 25.7 Å². The van der Waals surface area contributed by atoms with Crippen molar-refractivity contribution in [2.45, 2.75) is 4.90 Å². The molecule has 1 N–H and O–H groups in total. The molecule has 0 aliphatic carbocycles. The highest BCUT2D eigenvalue weighted by atomic mass is 79.9. The second-order valence-corrected chi connectivity index (χ2v) is 4.88. The van der Waals surface area contributed by atoms with Gasteiger partial charge in [-0.15, -0.1) is 0 Å². The van der Waals surface area contributed by atoms with Gasteiger partial charge in [-0.05, 0) is 24.2 Å². The van der Waals surface area contributed by atoms with Crippen LogP contribution in [-0.4, -0.2) is 10.5 Å². The first-order valence-corrected chi connectivity index (χ1v) is 5.43. The lowest BCUT2D eigenvalue weighted by Gasteiger charge is -1.99. The third-order valence-corrected chi connectivity index (χ3v) is 2.34. The Bertz CT molecular complexity index is 499. The van der Waals surface area contributed by atoms with Crippen LogP contribution in [0.2, 0.25) is 0 Å². The minimum Gasteiger partial charge on any atom is -0.249 e. The van der Waals surface area contributed by atoms with Gasteiger partial charge >= 0.3 is 0 Å². The van der Waals surface area contributed by atoms with Gasteiger partial charge in [0.25, 0.3) is 0 Å². The molecule has 0 heterocycles. The summed E-state index contributed by atoms with van der Waals surface area (Å²) >= 11 is 2.91. The quantitative estimate of drug-likeness (QED) is 0.802. The molecular weight excluding hydrogens is 226 g/mol. The van der Waals surface area contributed by atoms with Gasteiger partial charge in [-0.2, -0.15) is 0 Å². The Morgan fingerprint density at radius 2 is 2.00 bits per heavy atom. The molecule has 1 atom stereocenters. The highest BCUT2D eigenvalue weighted by Gasteiger charge is 2.00. The first-order chi connectivity index (χ1) is 6.68. The van der Waals surface area contributed by atoms with E-state index in [2.05, 4.69) is 15.9 Å². The molecule has 1 rings (SSSR count). The fraction of sp³-hybridized carbons (Fsp3) is 0.143. The van der Waals surface area contributed by atoms with E-state index in [9.17, 15) is 4.21 Å². The van der Waals surface area contributed by atoms with Crippen LogP contribution in [0.4, 0.5) is 0 Å². The normalized spacial score (nSPS) is 20.9. The van der Waals surface area contributed by atoms with Crippen molar-refractivity contribution in [3.63, 3.8) is 0 Å². The lowest BCUT2D eigenvalue weighted by Crippen LogP contribution is -1.93. The number of hydrogen-bond acceptors (Lipinski definition) is 2. The van der Waals surface area contributed by atoms with Gasteiger partial charge < -0.3 is 0 Å². The number of halogens is 1. The topological polar surface area (TPSA) is 40.9 Å². The zero-order chi connectivity index (χ0) is 12.0. The minimum absolute atomic E-state index is 0.0184. The molecule has 2 nitrogen and oxygen atoms in total. The maximum Gasteiger partial charge on any atom is 0.0696 e. The van der Waals surface area contributed by atoms with Crippen molar-refractivity contribution in [2.75, 3.05) is 6.26 Å². The Morgan fingerprint density at radius 3 is 2.36 bits per heavy atom. The summed E-state index contributed by atoms with van der Waals surface area (Å²) in [5, 5.41) is 0. The van der Waals surface area contributed by atoms with E-state index in [0.717, 1.165) is 6.26 Å². The van der Waals surface area contributed by atoms with Gasteiger partial charge in [-0.3, -0.25) is 0 Å². The van der Waals surface area contributed by atoms with E-state index >= 15 is 0 Å². The zero-order valence-electron chi connectivity index (χ0n) is 9.69. The molecule has 4 heteroatoms. The summed E-state index contributed by atoms with van der Waals surface area (Å²) in [6.07, 6.45) is 1.07. The highest BCUT2D eigenvalue weighted by molar-refractivity contribution is 9.10. The number of benzene rings is 1. The van der Waals surface area contributed by atoms with Crippen LogP contribution in [0, 0.1) is 4.78 Å². The summed E-state index contributed by atoms with van der Waals surface area (Å²) in [6.45, 7) is 0. The highest BCUT2D eigenvalue weighted by Crippen LogP contribution is 2.14. The first kappa shape index (κ1) is 4.62. The summed E-state index contributed by atoms with van der Waals surface area (Å²) in [6, 6.07) is -1.48. The van der Waals surface area contributed by atoms with E-state index in [1.807, 2.05) is 0 Å². The van der Waals surface area contributed by atoms with Crippen LogP contribution in [-0.2, 0) is 9.73 Å². The van der Waals surface area contributed by atoms with E-state index in [4.69, 9.17) is 10.3 Å². The second-order valence-electron chi connectivity index (χ2n) is 1.99. The largest absolute Gasteiger partial charge is 0.249 e. The first-order valence-electron chi connectivity index (χ1n) is 4.67. The number of hydrogen-bond donors (Lipinski definition) is 1. The van der Waals surface area contributed by atoms with Crippen LogP contribution in [0.5, 0.6) is 0 Å². The Hall–Kier alpha value is -0.350. The van der Waals surface area contributed by atoms with Gasteiger partial charge in [0.15, 0.2) is 0 Å². The van der Waals surface area contributed by atoms with Crippen molar-refractivity contribution in [2.24, 2.45) is 0 Å². The Morgan fingerprint density at radius 1 is 1.55 bits per heavy atom. The molecule has 0 saturated heterocycles. The molecular formula is C7H8BrNOS. The summed E-state index contributed by atoms with van der Waals surface area (Å²) in [5.74, 6) is 0. The molecule has 11 heavy (non-hydrogen) atoms. The summed E-state index contributed by atoms with van der Waals surface area (Å²) in [7, 11) is -3.26. The van der Waals surface area contributed by atoms with Crippen LogP contribution in [0.1, 0.15) is 5.48 Å². The van der Waals surface area contributed by atoms with Crippen LogP contribution in [0.15, 0.2) is 33.5 Å². The summed E-state index contributed by atoms with van der Waals surface area (Å²) in [5.41, 5.74) is 0. The second kappa shape index (κ2) is 2.95. The molecule has 0 bridgehead atoms. The van der Waals surface area contributed by atoms with E-state index in [1.165, 1.54) is 0 Å². The predicted octanol–water partition coefficient (Wildman–Crippen LogP) is 2.48. The zero-order valence-corrected chi connectivity index (χ0v) is 8.10. The molecule has 1 unspecified atom stereocenters. The SMILES string of the molecule is [2H]c1c([2H])c(S(C)(=N)=O)c([2H])c([2H])c1Br. The van der Waals surface area contributed by atoms with Gasteiger partial charge in [0.1, 0.15) is 0 Å². The summed E-state index contributed by atoms with van der Waals surface area (Å²) in [4.78, 5) is -0.347. The van der Waals surface area contributed by atoms with E-state index in [0.29, 0.717) is 0 Å². The van der Waals surface area contributed by atoms with Gasteiger partial charge in [0, 0.05) is 15.6 Å². The molecule has 0 amide bonds. The molecule has 0 spiro atoms. The van der Waals surface area contributed by atoms with Crippen LogP contribution >= 0.6 is 15.9 Å². The average Bonchev–Trinajstić information content (AvgIpc) is 2.09. The van der Waals surface area contributed by atoms with Crippen molar-refractivity contribution in [3.8, 4) is 0 Å². The molecule has 0 radical (unpaired) electrons. The molecule has 1 aromatic carbocycles. The molecule has 0 aliphatic rings. The molecule has 0 fully saturated rings. The lowest BCUT2D eigenvalue weighted by atomic mass is 10.4. The van der Waals surface area contributed by atoms with Gasteiger partial charge in [0.2, 0.25) is 0 Å². The van der Waals surface area contributed by atoms with Crippen molar-refractivity contribution in [1.29, 1.82) is 4.78 Å². The maximum atomic E-state index is 11.5. The van der Waals surface area contributed by atoms with Crippen molar-refractivity contribution < 1.29 is 9.69 Å². The van der Waals surface area contributed by atoms with E-state index < -0.39 is 21.8 Å². The molecule has 1 aromatic rings. The van der Waals surface area contributed by atoms with Crippen molar-refractivity contribution in [1.82, 2.24) is 0 Å². The van der Waals surface area contributed by atoms with E-state index in [-0.39, 0.29) is 21.5 Å². The third-order valence-electron chi connectivity index (χ3n) is 0.961. The van der Waals surface area contributed by atoms with Gasteiger partial charge in [-0.1, -0.05) is 15.9 Å². The van der Waals surface area contributed by atoms with E-state index in [1.54, 1.807) is 0 Å². The standard InChI is InChI=1S/C7H8BrNOS/c1-11(9,10)7-4-2-6(8)3-5-7/h2-5,9H,1H3/i2D,3D,4D,5D. The summed E-state index contributed by atoms with van der Waals surface area (Å²) < 4.78 is 48.8. The van der Waals surface area contributed by atoms with Gasteiger partial charge in [-0.25, -0.2) is 8.99 Å². The van der Waals surface area contributed by atoms with Crippen LogP contribution in [0.25, 0.3) is 0 Å². The number of rotatable bonds is 1. The predicted molar refractivity (Wildman–Crippen MR) is 49.2 cm³/mol. The Kier molecular flexibility index (Phi) is 1.24. The average molecular weight is 238 g/mol. The van der Waals surface area contributed by atoms with Crippen LogP contribution < -0.4 is 0 Å². The monoisotopic (exact) mass is 237 g/mol. The minimum atomic E-state index is -3.26. The smallest absolute Gasteiger partial charge is 0.0696 e. The maximum absolute atomic E-state index is 11.5. The lowest BCUT2D eigenvalue weighted by molar-refractivity contribution is 0.679. The molecule has 0 aliphatic heterocycles. The Labute approximate surface area is 80.4 Å². The Balaban J connectivity index is 3.84. The van der Waals surface area contributed by atoms with Gasteiger partial charge in [0.05, 0.1) is 15.2 Å². The molecule has 60 valence electrons. The molecule has 0 aromatic heterocycles.